The SMILES string of the molecule is COc1ccc(OC)c(CSc2nnnn2-c2ccc(C)cc2)c1. The summed E-state index contributed by atoms with van der Waals surface area (Å²) in [5.41, 5.74) is 3.16. The molecule has 124 valence electrons. The molecular weight excluding hydrogens is 324 g/mol. The first-order valence-corrected chi connectivity index (χ1v) is 8.39. The third-order valence-electron chi connectivity index (χ3n) is 3.56. The van der Waals surface area contributed by atoms with E-state index in [0.717, 1.165) is 27.9 Å². The Hall–Kier alpha value is -2.54. The fraction of sp³-hybridized carbons (Fsp3) is 0.235. The molecule has 0 aliphatic carbocycles. The topological polar surface area (TPSA) is 62.1 Å². The van der Waals surface area contributed by atoms with Crippen LogP contribution in [0.15, 0.2) is 47.6 Å². The number of aryl methyl sites for hydroxylation is 1. The number of rotatable bonds is 6. The third-order valence-corrected chi connectivity index (χ3v) is 4.53. The van der Waals surface area contributed by atoms with Crippen molar-refractivity contribution in [2.24, 2.45) is 0 Å². The van der Waals surface area contributed by atoms with E-state index in [1.807, 2.05) is 49.4 Å². The van der Waals surface area contributed by atoms with Crippen LogP contribution in [0.4, 0.5) is 0 Å². The summed E-state index contributed by atoms with van der Waals surface area (Å²) in [7, 11) is 3.31. The molecule has 0 N–H and O–H groups in total. The lowest BCUT2D eigenvalue weighted by Gasteiger charge is -2.10. The van der Waals surface area contributed by atoms with Crippen molar-refractivity contribution >= 4 is 11.8 Å². The number of aromatic nitrogens is 4. The van der Waals surface area contributed by atoms with Crippen LogP contribution in [-0.4, -0.2) is 34.4 Å². The minimum Gasteiger partial charge on any atom is -0.497 e. The Balaban J connectivity index is 1.81. The van der Waals surface area contributed by atoms with E-state index in [9.17, 15) is 0 Å². The van der Waals surface area contributed by atoms with E-state index in [4.69, 9.17) is 9.47 Å². The zero-order valence-electron chi connectivity index (χ0n) is 13.8. The molecule has 0 aliphatic heterocycles. The van der Waals surface area contributed by atoms with Gasteiger partial charge in [0, 0.05) is 11.3 Å². The molecule has 0 atom stereocenters. The summed E-state index contributed by atoms with van der Waals surface area (Å²) in [6, 6.07) is 13.8. The van der Waals surface area contributed by atoms with Gasteiger partial charge in [-0.25, -0.2) is 0 Å². The van der Waals surface area contributed by atoms with Crippen LogP contribution in [-0.2, 0) is 5.75 Å². The second-order valence-electron chi connectivity index (χ2n) is 5.18. The van der Waals surface area contributed by atoms with Gasteiger partial charge in [0.1, 0.15) is 11.5 Å². The third kappa shape index (κ3) is 3.51. The van der Waals surface area contributed by atoms with Crippen LogP contribution in [0, 0.1) is 6.92 Å². The van der Waals surface area contributed by atoms with E-state index < -0.39 is 0 Å². The van der Waals surface area contributed by atoms with Crippen molar-refractivity contribution < 1.29 is 9.47 Å². The number of hydrogen-bond acceptors (Lipinski definition) is 6. The Labute approximate surface area is 144 Å². The fourth-order valence-electron chi connectivity index (χ4n) is 2.25. The van der Waals surface area contributed by atoms with Crippen LogP contribution in [0.5, 0.6) is 11.5 Å². The molecular formula is C17H18N4O2S. The fourth-order valence-corrected chi connectivity index (χ4v) is 3.12. The minimum absolute atomic E-state index is 0.673. The van der Waals surface area contributed by atoms with E-state index in [2.05, 4.69) is 15.5 Å². The first kappa shape index (κ1) is 16.3. The van der Waals surface area contributed by atoms with Crippen LogP contribution in [0.2, 0.25) is 0 Å². The molecule has 1 heterocycles. The lowest BCUT2D eigenvalue weighted by Crippen LogP contribution is -1.99. The van der Waals surface area contributed by atoms with Gasteiger partial charge in [-0.2, -0.15) is 4.68 Å². The summed E-state index contributed by atoms with van der Waals surface area (Å²) < 4.78 is 12.4. The molecule has 0 amide bonds. The normalized spacial score (nSPS) is 10.6. The van der Waals surface area contributed by atoms with Crippen LogP contribution >= 0.6 is 11.8 Å². The average molecular weight is 342 g/mol. The maximum Gasteiger partial charge on any atom is 0.214 e. The zero-order valence-corrected chi connectivity index (χ0v) is 14.6. The molecule has 1 aromatic heterocycles. The number of nitrogens with zero attached hydrogens (tertiary/aromatic N) is 4. The summed E-state index contributed by atoms with van der Waals surface area (Å²) in [6.45, 7) is 2.05. The predicted molar refractivity (Wildman–Crippen MR) is 93.0 cm³/mol. The van der Waals surface area contributed by atoms with Gasteiger partial charge < -0.3 is 9.47 Å². The number of thioether (sulfide) groups is 1. The number of tetrazole rings is 1. The van der Waals surface area contributed by atoms with E-state index in [0.29, 0.717) is 5.75 Å². The first-order chi connectivity index (χ1) is 11.7. The Kier molecular flexibility index (Phi) is 5.00. The number of benzene rings is 2. The highest BCUT2D eigenvalue weighted by atomic mass is 32.2. The molecule has 0 saturated heterocycles. The van der Waals surface area contributed by atoms with Gasteiger partial charge in [-0.3, -0.25) is 0 Å². The molecule has 0 aliphatic rings. The van der Waals surface area contributed by atoms with E-state index in [1.165, 1.54) is 5.56 Å². The molecule has 0 spiro atoms. The summed E-state index contributed by atoms with van der Waals surface area (Å²) in [6.07, 6.45) is 0. The highest BCUT2D eigenvalue weighted by Gasteiger charge is 2.12. The van der Waals surface area contributed by atoms with Gasteiger partial charge >= 0.3 is 0 Å². The maximum atomic E-state index is 5.42. The number of ether oxygens (including phenoxy) is 2. The van der Waals surface area contributed by atoms with Crippen molar-refractivity contribution in [3.05, 3.63) is 53.6 Å². The summed E-state index contributed by atoms with van der Waals surface area (Å²) in [5, 5.41) is 12.7. The van der Waals surface area contributed by atoms with Crippen LogP contribution in [0.1, 0.15) is 11.1 Å². The quantitative estimate of drug-likeness (QED) is 0.641. The van der Waals surface area contributed by atoms with Crippen molar-refractivity contribution in [1.29, 1.82) is 0 Å². The maximum absolute atomic E-state index is 5.42. The van der Waals surface area contributed by atoms with Gasteiger partial charge in [-0.15, -0.1) is 5.10 Å². The minimum atomic E-state index is 0.673. The molecule has 6 nitrogen and oxygen atoms in total. The monoisotopic (exact) mass is 342 g/mol. The standard InChI is InChI=1S/C17H18N4O2S/c1-12-4-6-14(7-5-12)21-17(18-19-20-21)24-11-13-10-15(22-2)8-9-16(13)23-3/h4-10H,11H2,1-3H3. The van der Waals surface area contributed by atoms with Gasteiger partial charge in [0.2, 0.25) is 5.16 Å². The highest BCUT2D eigenvalue weighted by molar-refractivity contribution is 7.98. The molecule has 0 radical (unpaired) electrons. The van der Waals surface area contributed by atoms with Gasteiger partial charge in [-0.1, -0.05) is 29.5 Å². The van der Waals surface area contributed by atoms with E-state index in [1.54, 1.807) is 30.7 Å². The Bertz CT molecular complexity index is 818. The second kappa shape index (κ2) is 7.35. The molecule has 3 rings (SSSR count). The van der Waals surface area contributed by atoms with Crippen molar-refractivity contribution in [1.82, 2.24) is 20.2 Å². The van der Waals surface area contributed by atoms with E-state index >= 15 is 0 Å². The summed E-state index contributed by atoms with van der Waals surface area (Å²) in [5.74, 6) is 2.29. The number of methoxy groups -OCH3 is 2. The largest absolute Gasteiger partial charge is 0.497 e. The lowest BCUT2D eigenvalue weighted by atomic mass is 10.2. The van der Waals surface area contributed by atoms with Crippen molar-refractivity contribution in [2.45, 2.75) is 17.8 Å². The second-order valence-corrected chi connectivity index (χ2v) is 6.12. The molecule has 0 fully saturated rings. The van der Waals surface area contributed by atoms with Gasteiger partial charge in [-0.05, 0) is 47.7 Å². The molecule has 7 heteroatoms. The van der Waals surface area contributed by atoms with Crippen LogP contribution in [0.25, 0.3) is 5.69 Å². The Morgan fingerprint density at radius 3 is 2.54 bits per heavy atom. The lowest BCUT2D eigenvalue weighted by molar-refractivity contribution is 0.400. The number of hydrogen-bond donors (Lipinski definition) is 0. The first-order valence-electron chi connectivity index (χ1n) is 7.40. The molecule has 0 saturated carbocycles. The summed E-state index contributed by atoms with van der Waals surface area (Å²) in [4.78, 5) is 0. The van der Waals surface area contributed by atoms with Crippen LogP contribution < -0.4 is 9.47 Å². The molecule has 0 unspecified atom stereocenters. The van der Waals surface area contributed by atoms with Crippen molar-refractivity contribution in [2.75, 3.05) is 14.2 Å². The molecule has 0 bridgehead atoms. The zero-order chi connectivity index (χ0) is 16.9. The van der Waals surface area contributed by atoms with E-state index in [-0.39, 0.29) is 0 Å². The van der Waals surface area contributed by atoms with Gasteiger partial charge in [0.15, 0.2) is 0 Å². The van der Waals surface area contributed by atoms with Gasteiger partial charge in [0.25, 0.3) is 0 Å². The molecule has 24 heavy (non-hydrogen) atoms. The van der Waals surface area contributed by atoms with Crippen molar-refractivity contribution in [3.8, 4) is 17.2 Å². The predicted octanol–water partition coefficient (Wildman–Crippen LogP) is 3.28. The van der Waals surface area contributed by atoms with Crippen LogP contribution in [0.3, 0.4) is 0 Å². The van der Waals surface area contributed by atoms with Crippen molar-refractivity contribution in [3.63, 3.8) is 0 Å². The summed E-state index contributed by atoms with van der Waals surface area (Å²) >= 11 is 1.55. The molecule has 3 aromatic rings. The Morgan fingerprint density at radius 2 is 1.83 bits per heavy atom. The highest BCUT2D eigenvalue weighted by Crippen LogP contribution is 2.30. The Morgan fingerprint density at radius 1 is 1.04 bits per heavy atom. The molecule has 2 aromatic carbocycles. The van der Waals surface area contributed by atoms with Gasteiger partial charge in [0.05, 0.1) is 19.9 Å². The smallest absolute Gasteiger partial charge is 0.214 e. The average Bonchev–Trinajstić information content (AvgIpc) is 3.08.